The third-order valence-electron chi connectivity index (χ3n) is 2.50. The van der Waals surface area contributed by atoms with Gasteiger partial charge in [-0.3, -0.25) is 0 Å². The number of aryl methyl sites for hydroxylation is 1. The van der Waals surface area contributed by atoms with Crippen LogP contribution in [0.3, 0.4) is 0 Å². The lowest BCUT2D eigenvalue weighted by Crippen LogP contribution is -2.20. The second kappa shape index (κ2) is 4.08. The van der Waals surface area contributed by atoms with Crippen LogP contribution in [-0.4, -0.2) is 24.9 Å². The maximum Gasteiger partial charge on any atom is 0.167 e. The summed E-state index contributed by atoms with van der Waals surface area (Å²) in [5, 5.41) is 9.72. The molecule has 1 aliphatic rings. The molecule has 0 bridgehead atoms. The van der Waals surface area contributed by atoms with Crippen molar-refractivity contribution in [2.75, 3.05) is 19.8 Å². The molecule has 0 spiro atoms. The van der Waals surface area contributed by atoms with Crippen molar-refractivity contribution in [2.24, 2.45) is 5.73 Å². The highest BCUT2D eigenvalue weighted by Gasteiger charge is 2.21. The van der Waals surface area contributed by atoms with Crippen molar-refractivity contribution in [2.45, 2.75) is 13.0 Å². The van der Waals surface area contributed by atoms with E-state index in [2.05, 4.69) is 0 Å². The van der Waals surface area contributed by atoms with Gasteiger partial charge in [0.1, 0.15) is 13.2 Å². The molecular formula is C11H15NO3. The van der Waals surface area contributed by atoms with Gasteiger partial charge in [0, 0.05) is 12.1 Å². The largest absolute Gasteiger partial charge is 0.486 e. The minimum absolute atomic E-state index is 0.179. The molecule has 1 atom stereocenters. The fourth-order valence-corrected chi connectivity index (χ4v) is 1.68. The molecule has 1 aromatic rings. The Morgan fingerprint density at radius 2 is 2.00 bits per heavy atom. The van der Waals surface area contributed by atoms with Crippen LogP contribution in [0, 0.1) is 6.92 Å². The summed E-state index contributed by atoms with van der Waals surface area (Å²) in [6, 6.07) is 3.74. The monoisotopic (exact) mass is 209 g/mol. The van der Waals surface area contributed by atoms with Gasteiger partial charge in [0.2, 0.25) is 0 Å². The first-order valence-corrected chi connectivity index (χ1v) is 5.01. The van der Waals surface area contributed by atoms with Crippen LogP contribution in [0.5, 0.6) is 11.5 Å². The van der Waals surface area contributed by atoms with Crippen molar-refractivity contribution in [1.82, 2.24) is 0 Å². The second-order valence-electron chi connectivity index (χ2n) is 3.58. The van der Waals surface area contributed by atoms with E-state index < -0.39 is 6.10 Å². The van der Waals surface area contributed by atoms with Gasteiger partial charge >= 0.3 is 0 Å². The van der Waals surface area contributed by atoms with Crippen LogP contribution in [0.2, 0.25) is 0 Å². The summed E-state index contributed by atoms with van der Waals surface area (Å²) in [5.41, 5.74) is 7.15. The van der Waals surface area contributed by atoms with Gasteiger partial charge in [0.05, 0.1) is 6.10 Å². The fraction of sp³-hybridized carbons (Fsp3) is 0.455. The van der Waals surface area contributed by atoms with Gasteiger partial charge in [-0.2, -0.15) is 0 Å². The molecule has 82 valence electrons. The van der Waals surface area contributed by atoms with Crippen molar-refractivity contribution < 1.29 is 14.6 Å². The van der Waals surface area contributed by atoms with Gasteiger partial charge < -0.3 is 20.3 Å². The van der Waals surface area contributed by atoms with E-state index in [1.165, 1.54) is 0 Å². The summed E-state index contributed by atoms with van der Waals surface area (Å²) >= 11 is 0. The molecule has 1 heterocycles. The van der Waals surface area contributed by atoms with Crippen LogP contribution in [0.15, 0.2) is 12.1 Å². The van der Waals surface area contributed by atoms with Crippen molar-refractivity contribution in [3.8, 4) is 11.5 Å². The summed E-state index contributed by atoms with van der Waals surface area (Å²) in [7, 11) is 0. The number of aliphatic hydroxyl groups excluding tert-OH is 1. The Kier molecular flexibility index (Phi) is 2.79. The maximum atomic E-state index is 9.72. The van der Waals surface area contributed by atoms with Gasteiger partial charge in [-0.1, -0.05) is 12.1 Å². The van der Waals surface area contributed by atoms with E-state index >= 15 is 0 Å². The zero-order valence-electron chi connectivity index (χ0n) is 8.69. The smallest absolute Gasteiger partial charge is 0.167 e. The molecule has 4 heteroatoms. The molecule has 3 N–H and O–H groups in total. The summed E-state index contributed by atoms with van der Waals surface area (Å²) < 4.78 is 11.0. The SMILES string of the molecule is Cc1ccc(C(O)CN)c2c1OCCO2. The highest BCUT2D eigenvalue weighted by molar-refractivity contribution is 5.53. The normalized spacial score (nSPS) is 16.2. The zero-order valence-corrected chi connectivity index (χ0v) is 8.69. The number of aliphatic hydroxyl groups is 1. The molecule has 0 fully saturated rings. The van der Waals surface area contributed by atoms with Gasteiger partial charge in [-0.25, -0.2) is 0 Å². The molecule has 1 aliphatic heterocycles. The van der Waals surface area contributed by atoms with Crippen LogP contribution >= 0.6 is 0 Å². The molecule has 0 saturated carbocycles. The minimum Gasteiger partial charge on any atom is -0.486 e. The molecule has 0 saturated heterocycles. The molecule has 0 aromatic heterocycles. The van der Waals surface area contributed by atoms with E-state index in [1.54, 1.807) is 0 Å². The molecule has 4 nitrogen and oxygen atoms in total. The highest BCUT2D eigenvalue weighted by Crippen LogP contribution is 2.39. The van der Waals surface area contributed by atoms with Gasteiger partial charge in [0.15, 0.2) is 11.5 Å². The average Bonchev–Trinajstić information content (AvgIpc) is 2.29. The summed E-state index contributed by atoms with van der Waals surface area (Å²) in [6.45, 7) is 3.20. The molecule has 0 radical (unpaired) electrons. The summed E-state index contributed by atoms with van der Waals surface area (Å²) in [5.74, 6) is 1.37. The molecule has 2 rings (SSSR count). The number of benzene rings is 1. The fourth-order valence-electron chi connectivity index (χ4n) is 1.68. The first kappa shape index (κ1) is 10.3. The van der Waals surface area contributed by atoms with E-state index in [0.29, 0.717) is 24.5 Å². The molecule has 0 amide bonds. The minimum atomic E-state index is -0.693. The molecule has 0 aliphatic carbocycles. The molecular weight excluding hydrogens is 194 g/mol. The number of fused-ring (bicyclic) bond motifs is 1. The Bertz CT molecular complexity index is 365. The van der Waals surface area contributed by atoms with Crippen LogP contribution in [0.4, 0.5) is 0 Å². The quantitative estimate of drug-likeness (QED) is 0.754. The first-order chi connectivity index (χ1) is 7.24. The van der Waals surface area contributed by atoms with Crippen molar-refractivity contribution in [3.05, 3.63) is 23.3 Å². The van der Waals surface area contributed by atoms with E-state index in [1.807, 2.05) is 19.1 Å². The number of nitrogens with two attached hydrogens (primary N) is 1. The van der Waals surface area contributed by atoms with E-state index in [-0.39, 0.29) is 6.54 Å². The summed E-state index contributed by atoms with van der Waals surface area (Å²) in [4.78, 5) is 0. The Morgan fingerprint density at radius 3 is 2.67 bits per heavy atom. The summed E-state index contributed by atoms with van der Waals surface area (Å²) in [6.07, 6.45) is -0.693. The Hall–Kier alpha value is -1.26. The van der Waals surface area contributed by atoms with Crippen LogP contribution < -0.4 is 15.2 Å². The lowest BCUT2D eigenvalue weighted by atomic mass is 10.0. The maximum absolute atomic E-state index is 9.72. The van der Waals surface area contributed by atoms with Crippen molar-refractivity contribution in [3.63, 3.8) is 0 Å². The van der Waals surface area contributed by atoms with Gasteiger partial charge in [-0.15, -0.1) is 0 Å². The predicted octanol–water partition coefficient (Wildman–Crippen LogP) is 0.758. The van der Waals surface area contributed by atoms with Gasteiger partial charge in [-0.05, 0) is 12.5 Å². The number of hydrogen-bond donors (Lipinski definition) is 2. The van der Waals surface area contributed by atoms with E-state index in [9.17, 15) is 5.11 Å². The van der Waals surface area contributed by atoms with Gasteiger partial charge in [0.25, 0.3) is 0 Å². The van der Waals surface area contributed by atoms with E-state index in [0.717, 1.165) is 11.3 Å². The molecule has 1 unspecified atom stereocenters. The first-order valence-electron chi connectivity index (χ1n) is 5.01. The topological polar surface area (TPSA) is 64.7 Å². The van der Waals surface area contributed by atoms with Crippen molar-refractivity contribution >= 4 is 0 Å². The lowest BCUT2D eigenvalue weighted by Gasteiger charge is -2.24. The number of ether oxygens (including phenoxy) is 2. The Labute approximate surface area is 88.6 Å². The number of hydrogen-bond acceptors (Lipinski definition) is 4. The Balaban J connectivity index is 2.48. The third kappa shape index (κ3) is 1.78. The zero-order chi connectivity index (χ0) is 10.8. The van der Waals surface area contributed by atoms with Crippen LogP contribution in [0.25, 0.3) is 0 Å². The van der Waals surface area contributed by atoms with Crippen LogP contribution in [-0.2, 0) is 0 Å². The standard InChI is InChI=1S/C11H15NO3/c1-7-2-3-8(9(13)6-12)11-10(7)14-4-5-15-11/h2-3,9,13H,4-6,12H2,1H3. The van der Waals surface area contributed by atoms with Crippen LogP contribution in [0.1, 0.15) is 17.2 Å². The highest BCUT2D eigenvalue weighted by atomic mass is 16.6. The lowest BCUT2D eigenvalue weighted by molar-refractivity contribution is 0.149. The molecule has 15 heavy (non-hydrogen) atoms. The average molecular weight is 209 g/mol. The Morgan fingerprint density at radius 1 is 1.33 bits per heavy atom. The third-order valence-corrected chi connectivity index (χ3v) is 2.50. The second-order valence-corrected chi connectivity index (χ2v) is 3.58. The van der Waals surface area contributed by atoms with Crippen molar-refractivity contribution in [1.29, 1.82) is 0 Å². The number of rotatable bonds is 2. The van der Waals surface area contributed by atoms with E-state index in [4.69, 9.17) is 15.2 Å². The predicted molar refractivity (Wildman–Crippen MR) is 56.2 cm³/mol. The molecule has 1 aromatic carbocycles.